The maximum absolute atomic E-state index is 13.1. The van der Waals surface area contributed by atoms with Crippen LogP contribution < -0.4 is 20.5 Å². The number of nitrogens with zero attached hydrogens (tertiary/aromatic N) is 4. The van der Waals surface area contributed by atoms with Gasteiger partial charge in [0.1, 0.15) is 18.1 Å². The van der Waals surface area contributed by atoms with Crippen LogP contribution in [0.25, 0.3) is 11.2 Å². The van der Waals surface area contributed by atoms with Crippen LogP contribution in [0.15, 0.2) is 61.2 Å². The van der Waals surface area contributed by atoms with Gasteiger partial charge in [-0.15, -0.1) is 0 Å². The number of hydrogen-bond acceptors (Lipinski definition) is 7. The van der Waals surface area contributed by atoms with Crippen molar-refractivity contribution in [2.75, 3.05) is 6.61 Å². The molecule has 5 rings (SSSR count). The second kappa shape index (κ2) is 10.8. The lowest BCUT2D eigenvalue weighted by atomic mass is 9.92. The van der Waals surface area contributed by atoms with E-state index in [1.807, 2.05) is 12.3 Å². The molecule has 3 aromatic heterocycles. The lowest BCUT2D eigenvalue weighted by Gasteiger charge is -2.30. The molecule has 3 heterocycles. The molecule has 1 aliphatic rings. The number of benzene rings is 1. The summed E-state index contributed by atoms with van der Waals surface area (Å²) >= 11 is 0. The van der Waals surface area contributed by atoms with Crippen LogP contribution >= 0.6 is 0 Å². The molecule has 2 amide bonds. The number of nitrogens with one attached hydrogen (secondary N) is 1. The van der Waals surface area contributed by atoms with Crippen LogP contribution in [0.3, 0.4) is 0 Å². The van der Waals surface area contributed by atoms with E-state index in [4.69, 9.17) is 15.2 Å². The summed E-state index contributed by atoms with van der Waals surface area (Å²) in [6.45, 7) is 3.47. The highest BCUT2D eigenvalue weighted by molar-refractivity contribution is 6.00. The van der Waals surface area contributed by atoms with Crippen LogP contribution in [0, 0.1) is 0 Å². The maximum atomic E-state index is 13.1. The van der Waals surface area contributed by atoms with Crippen LogP contribution in [0.2, 0.25) is 0 Å². The van der Waals surface area contributed by atoms with Crippen molar-refractivity contribution in [1.29, 1.82) is 0 Å². The van der Waals surface area contributed by atoms with E-state index in [-0.39, 0.29) is 24.7 Å². The average molecular weight is 533 g/mol. The van der Waals surface area contributed by atoms with Crippen molar-refractivity contribution >= 4 is 17.3 Å². The molecule has 0 spiro atoms. The van der Waals surface area contributed by atoms with Gasteiger partial charge in [0.15, 0.2) is 0 Å². The highest BCUT2D eigenvalue weighted by Gasteiger charge is 2.26. The number of amides is 2. The van der Waals surface area contributed by atoms with Gasteiger partial charge in [0.2, 0.25) is 0 Å². The zero-order chi connectivity index (χ0) is 27.6. The van der Waals surface area contributed by atoms with E-state index in [1.165, 1.54) is 6.20 Å². The molecule has 0 bridgehead atoms. The number of ether oxygens (including phenoxy) is 2. The Labute approximate surface area is 225 Å². The number of carbonyl (C=O) groups excluding carboxylic acids is 2. The van der Waals surface area contributed by atoms with E-state index in [2.05, 4.69) is 15.5 Å². The topological polar surface area (TPSA) is 146 Å². The summed E-state index contributed by atoms with van der Waals surface area (Å²) in [5, 5.41) is 21.5. The monoisotopic (exact) mass is 532 g/mol. The molecule has 1 saturated carbocycles. The summed E-state index contributed by atoms with van der Waals surface area (Å²) in [5.41, 5.74) is 6.85. The Bertz CT molecular complexity index is 1470. The Kier molecular flexibility index (Phi) is 7.25. The third-order valence-corrected chi connectivity index (χ3v) is 6.63. The van der Waals surface area contributed by atoms with Gasteiger partial charge in [-0.3, -0.25) is 9.59 Å². The first-order valence-corrected chi connectivity index (χ1v) is 12.9. The Hall–Kier alpha value is -4.38. The van der Waals surface area contributed by atoms with E-state index in [1.54, 1.807) is 65.8 Å². The van der Waals surface area contributed by atoms with Crippen molar-refractivity contribution in [2.24, 2.45) is 5.73 Å². The van der Waals surface area contributed by atoms with Gasteiger partial charge in [-0.05, 0) is 69.9 Å². The van der Waals surface area contributed by atoms with Crippen molar-refractivity contribution in [3.05, 3.63) is 72.3 Å². The molecule has 1 fully saturated rings. The fourth-order valence-corrected chi connectivity index (χ4v) is 4.63. The molecular formula is C28H32N6O5. The first kappa shape index (κ1) is 26.2. The van der Waals surface area contributed by atoms with Crippen molar-refractivity contribution in [3.63, 3.8) is 0 Å². The smallest absolute Gasteiger partial charge is 0.255 e. The number of nitrogens with two attached hydrogens (primary N) is 1. The van der Waals surface area contributed by atoms with Crippen molar-refractivity contribution < 1.29 is 24.2 Å². The summed E-state index contributed by atoms with van der Waals surface area (Å²) < 4.78 is 15.1. The summed E-state index contributed by atoms with van der Waals surface area (Å²) in [6, 6.07) is 10.5. The second-order valence-corrected chi connectivity index (χ2v) is 10.4. The quantitative estimate of drug-likeness (QED) is 0.300. The lowest BCUT2D eigenvalue weighted by molar-refractivity contribution is 0.0283. The highest BCUT2D eigenvalue weighted by atomic mass is 16.5. The highest BCUT2D eigenvalue weighted by Crippen LogP contribution is 2.29. The van der Waals surface area contributed by atoms with Crippen LogP contribution in [-0.4, -0.2) is 60.7 Å². The number of rotatable bonds is 9. The minimum Gasteiger partial charge on any atom is -0.490 e. The van der Waals surface area contributed by atoms with E-state index >= 15 is 0 Å². The van der Waals surface area contributed by atoms with E-state index in [0.717, 1.165) is 18.5 Å². The number of hydrogen-bond donors (Lipinski definition) is 3. The van der Waals surface area contributed by atoms with Crippen molar-refractivity contribution in [1.82, 2.24) is 24.7 Å². The van der Waals surface area contributed by atoms with Crippen LogP contribution in [0.1, 0.15) is 60.2 Å². The predicted molar refractivity (Wildman–Crippen MR) is 143 cm³/mol. The van der Waals surface area contributed by atoms with Gasteiger partial charge in [-0.2, -0.15) is 10.2 Å². The maximum Gasteiger partial charge on any atom is 0.255 e. The third-order valence-electron chi connectivity index (χ3n) is 6.63. The van der Waals surface area contributed by atoms with Gasteiger partial charge in [0.25, 0.3) is 11.8 Å². The molecule has 1 aliphatic carbocycles. The van der Waals surface area contributed by atoms with E-state index in [0.29, 0.717) is 41.0 Å². The first-order valence-electron chi connectivity index (χ1n) is 12.9. The average Bonchev–Trinajstić information content (AvgIpc) is 3.58. The fourth-order valence-electron chi connectivity index (χ4n) is 4.63. The Morgan fingerprint density at radius 1 is 1.13 bits per heavy atom. The zero-order valence-corrected chi connectivity index (χ0v) is 21.9. The summed E-state index contributed by atoms with van der Waals surface area (Å²) in [7, 11) is 0. The van der Waals surface area contributed by atoms with Gasteiger partial charge in [0, 0.05) is 24.5 Å². The summed E-state index contributed by atoms with van der Waals surface area (Å²) in [6.07, 6.45) is 9.49. The Morgan fingerprint density at radius 2 is 1.92 bits per heavy atom. The van der Waals surface area contributed by atoms with Gasteiger partial charge in [-0.25, -0.2) is 9.20 Å². The molecule has 0 unspecified atom stereocenters. The Balaban J connectivity index is 1.19. The second-order valence-electron chi connectivity index (χ2n) is 10.4. The first-order chi connectivity index (χ1) is 18.7. The van der Waals surface area contributed by atoms with Gasteiger partial charge >= 0.3 is 0 Å². The molecule has 11 nitrogen and oxygen atoms in total. The molecule has 204 valence electrons. The standard InChI is InChI=1S/C28H32N6O5/c1-28(2,37)17-38-21-9-11-24-23(15-31-34(24)16-21)27(36)32-18-4-7-20(8-5-18)39-25-14-19(33-13-3-12-30-33)6-10-22(25)26(29)35/h3,6,9-16,18,20,37H,4-5,7-8,17H2,1-2H3,(H2,29,35)(H,32,36). The molecule has 4 aromatic rings. The number of carbonyl (C=O) groups is 2. The van der Waals surface area contributed by atoms with E-state index < -0.39 is 11.5 Å². The number of aromatic nitrogens is 4. The normalized spacial score (nSPS) is 17.6. The SMILES string of the molecule is CC(C)(O)COc1ccc2c(C(=O)NC3CCC(Oc4cc(-n5cccn5)ccc4C(N)=O)CC3)cnn2c1. The summed E-state index contributed by atoms with van der Waals surface area (Å²) in [4.78, 5) is 25.0. The third kappa shape index (κ3) is 6.20. The fraction of sp³-hybridized carbons (Fsp3) is 0.357. The molecule has 0 atom stereocenters. The Morgan fingerprint density at radius 3 is 2.62 bits per heavy atom. The van der Waals surface area contributed by atoms with Crippen LogP contribution in [0.5, 0.6) is 11.5 Å². The molecular weight excluding hydrogens is 500 g/mol. The van der Waals surface area contributed by atoms with Gasteiger partial charge in [0.05, 0.1) is 46.4 Å². The van der Waals surface area contributed by atoms with E-state index in [9.17, 15) is 14.7 Å². The molecule has 0 saturated heterocycles. The predicted octanol–water partition coefficient (Wildman–Crippen LogP) is 2.89. The molecule has 39 heavy (non-hydrogen) atoms. The zero-order valence-electron chi connectivity index (χ0n) is 21.9. The molecule has 0 aliphatic heterocycles. The largest absolute Gasteiger partial charge is 0.490 e. The number of aliphatic hydroxyl groups is 1. The van der Waals surface area contributed by atoms with Crippen LogP contribution in [-0.2, 0) is 0 Å². The number of fused-ring (bicyclic) bond motifs is 1. The number of primary amides is 1. The van der Waals surface area contributed by atoms with Crippen molar-refractivity contribution in [2.45, 2.75) is 57.3 Å². The molecule has 0 radical (unpaired) electrons. The van der Waals surface area contributed by atoms with Gasteiger partial charge < -0.3 is 25.6 Å². The number of pyridine rings is 1. The summed E-state index contributed by atoms with van der Waals surface area (Å²) in [5.74, 6) is 0.234. The van der Waals surface area contributed by atoms with Crippen molar-refractivity contribution in [3.8, 4) is 17.2 Å². The minimum absolute atomic E-state index is 0.00675. The molecule has 4 N–H and O–H groups in total. The van der Waals surface area contributed by atoms with Crippen LogP contribution in [0.4, 0.5) is 0 Å². The van der Waals surface area contributed by atoms with Gasteiger partial charge in [-0.1, -0.05) is 0 Å². The minimum atomic E-state index is -0.956. The lowest BCUT2D eigenvalue weighted by Crippen LogP contribution is -2.39. The molecule has 1 aromatic carbocycles. The molecule has 11 heteroatoms.